The molecule has 34 heavy (non-hydrogen) atoms. The van der Waals surface area contributed by atoms with Crippen LogP contribution in [0.25, 0.3) is 5.57 Å². The number of anilines is 2. The standard InChI is InChI=1S/C27H25FN2O4/c1-16(2)34-23-8-6-5-7-21(23)30-26(31)24(18-10-12-19(28)13-11-18)25(27(30)32)29-20-15-17(3)9-14-22(20)33-4/h5-16,29H,1-4H3. The number of hydrogen-bond acceptors (Lipinski definition) is 5. The number of benzene rings is 3. The fourth-order valence-electron chi connectivity index (χ4n) is 3.80. The third kappa shape index (κ3) is 4.37. The largest absolute Gasteiger partial charge is 0.495 e. The van der Waals surface area contributed by atoms with E-state index in [4.69, 9.17) is 9.47 Å². The molecule has 0 bridgehead atoms. The Balaban J connectivity index is 1.86. The summed E-state index contributed by atoms with van der Waals surface area (Å²) in [6, 6.07) is 17.8. The van der Waals surface area contributed by atoms with Gasteiger partial charge in [-0.05, 0) is 68.3 Å². The number of carbonyl (C=O) groups is 2. The van der Waals surface area contributed by atoms with E-state index in [1.165, 1.54) is 31.4 Å². The molecule has 1 aliphatic heterocycles. The van der Waals surface area contributed by atoms with Crippen molar-refractivity contribution in [3.63, 3.8) is 0 Å². The van der Waals surface area contributed by atoms with Gasteiger partial charge in [-0.25, -0.2) is 9.29 Å². The number of carbonyl (C=O) groups excluding carboxylic acids is 2. The second kappa shape index (κ2) is 9.39. The van der Waals surface area contributed by atoms with E-state index in [0.717, 1.165) is 10.5 Å². The van der Waals surface area contributed by atoms with Gasteiger partial charge in [-0.15, -0.1) is 0 Å². The monoisotopic (exact) mass is 460 g/mol. The highest BCUT2D eigenvalue weighted by molar-refractivity contribution is 6.46. The maximum atomic E-state index is 13.7. The highest BCUT2D eigenvalue weighted by Gasteiger charge is 2.41. The van der Waals surface area contributed by atoms with Crippen LogP contribution >= 0.6 is 0 Å². The van der Waals surface area contributed by atoms with E-state index >= 15 is 0 Å². The number of imide groups is 1. The summed E-state index contributed by atoms with van der Waals surface area (Å²) in [5, 5.41) is 3.11. The smallest absolute Gasteiger partial charge is 0.282 e. The molecule has 3 aromatic carbocycles. The molecule has 0 unspecified atom stereocenters. The zero-order valence-electron chi connectivity index (χ0n) is 19.4. The molecule has 0 fully saturated rings. The van der Waals surface area contributed by atoms with E-state index in [1.54, 1.807) is 30.3 Å². The fourth-order valence-corrected chi connectivity index (χ4v) is 3.80. The van der Waals surface area contributed by atoms with E-state index in [2.05, 4.69) is 5.32 Å². The molecule has 0 aliphatic carbocycles. The van der Waals surface area contributed by atoms with Gasteiger partial charge in [0.05, 0.1) is 30.2 Å². The first-order valence-corrected chi connectivity index (χ1v) is 10.9. The zero-order valence-corrected chi connectivity index (χ0v) is 19.4. The lowest BCUT2D eigenvalue weighted by Crippen LogP contribution is -2.33. The SMILES string of the molecule is COc1ccc(C)cc1NC1=C(c2ccc(F)cc2)C(=O)N(c2ccccc2OC(C)C)C1=O. The Labute approximate surface area is 197 Å². The molecule has 174 valence electrons. The summed E-state index contributed by atoms with van der Waals surface area (Å²) in [5.74, 6) is -0.604. The molecule has 0 atom stereocenters. The molecule has 0 saturated heterocycles. The molecule has 3 aromatic rings. The number of amides is 2. The van der Waals surface area contributed by atoms with Gasteiger partial charge in [0, 0.05) is 0 Å². The molecule has 7 heteroatoms. The number of para-hydroxylation sites is 2. The Morgan fingerprint density at radius 1 is 0.912 bits per heavy atom. The van der Waals surface area contributed by atoms with Crippen LogP contribution in [0.3, 0.4) is 0 Å². The molecule has 0 aromatic heterocycles. The predicted molar refractivity (Wildman–Crippen MR) is 129 cm³/mol. The number of ether oxygens (including phenoxy) is 2. The molecule has 0 radical (unpaired) electrons. The minimum Gasteiger partial charge on any atom is -0.495 e. The van der Waals surface area contributed by atoms with Crippen LogP contribution in [0.15, 0.2) is 72.4 Å². The van der Waals surface area contributed by atoms with Crippen molar-refractivity contribution in [2.75, 3.05) is 17.3 Å². The van der Waals surface area contributed by atoms with Crippen molar-refractivity contribution in [1.82, 2.24) is 0 Å². The fraction of sp³-hybridized carbons (Fsp3) is 0.185. The third-order valence-electron chi connectivity index (χ3n) is 5.30. The minimum absolute atomic E-state index is 0.0693. The van der Waals surface area contributed by atoms with E-state index in [0.29, 0.717) is 28.4 Å². The molecule has 1 aliphatic rings. The number of nitrogens with one attached hydrogen (secondary N) is 1. The van der Waals surface area contributed by atoms with Crippen molar-refractivity contribution in [2.24, 2.45) is 0 Å². The normalized spacial score (nSPS) is 13.6. The van der Waals surface area contributed by atoms with Crippen LogP contribution in [-0.4, -0.2) is 25.0 Å². The average molecular weight is 461 g/mol. The summed E-state index contributed by atoms with van der Waals surface area (Å²) in [4.78, 5) is 28.5. The van der Waals surface area contributed by atoms with Crippen LogP contribution in [0.1, 0.15) is 25.0 Å². The number of hydrogen-bond donors (Lipinski definition) is 1. The summed E-state index contributed by atoms with van der Waals surface area (Å²) < 4.78 is 24.9. The van der Waals surface area contributed by atoms with E-state index in [-0.39, 0.29) is 17.4 Å². The lowest BCUT2D eigenvalue weighted by molar-refractivity contribution is -0.120. The number of methoxy groups -OCH3 is 1. The van der Waals surface area contributed by atoms with Gasteiger partial charge in [0.15, 0.2) is 0 Å². The molecule has 6 nitrogen and oxygen atoms in total. The molecule has 0 saturated carbocycles. The summed E-state index contributed by atoms with van der Waals surface area (Å²) in [5.41, 5.74) is 2.42. The Bertz CT molecular complexity index is 1280. The topological polar surface area (TPSA) is 67.9 Å². The van der Waals surface area contributed by atoms with Crippen LogP contribution in [0, 0.1) is 12.7 Å². The highest BCUT2D eigenvalue weighted by Crippen LogP contribution is 2.39. The van der Waals surface area contributed by atoms with Gasteiger partial charge in [-0.1, -0.05) is 30.3 Å². The van der Waals surface area contributed by atoms with Gasteiger partial charge in [-0.3, -0.25) is 9.59 Å². The molecule has 4 rings (SSSR count). The summed E-state index contributed by atoms with van der Waals surface area (Å²) in [7, 11) is 1.53. The van der Waals surface area contributed by atoms with Crippen molar-refractivity contribution >= 4 is 28.8 Å². The predicted octanol–water partition coefficient (Wildman–Crippen LogP) is 5.33. The first kappa shape index (κ1) is 23.0. The highest BCUT2D eigenvalue weighted by atomic mass is 19.1. The molecule has 0 spiro atoms. The Morgan fingerprint density at radius 3 is 2.29 bits per heavy atom. The minimum atomic E-state index is -0.548. The first-order chi connectivity index (χ1) is 16.3. The van der Waals surface area contributed by atoms with E-state index in [9.17, 15) is 14.0 Å². The quantitative estimate of drug-likeness (QED) is 0.483. The van der Waals surface area contributed by atoms with Crippen LogP contribution in [-0.2, 0) is 9.59 Å². The Kier molecular flexibility index (Phi) is 6.36. The van der Waals surface area contributed by atoms with Crippen molar-refractivity contribution in [2.45, 2.75) is 26.9 Å². The molecule has 1 heterocycles. The Hall–Kier alpha value is -4.13. The van der Waals surface area contributed by atoms with Crippen LogP contribution in [0.5, 0.6) is 11.5 Å². The molecular formula is C27H25FN2O4. The van der Waals surface area contributed by atoms with Gasteiger partial charge in [-0.2, -0.15) is 0 Å². The van der Waals surface area contributed by atoms with E-state index < -0.39 is 17.6 Å². The molecule has 1 N–H and O–H groups in total. The second-order valence-electron chi connectivity index (χ2n) is 8.17. The van der Waals surface area contributed by atoms with Gasteiger partial charge < -0.3 is 14.8 Å². The summed E-state index contributed by atoms with van der Waals surface area (Å²) in [6.45, 7) is 5.64. The third-order valence-corrected chi connectivity index (χ3v) is 5.30. The number of aryl methyl sites for hydroxylation is 1. The van der Waals surface area contributed by atoms with Crippen molar-refractivity contribution in [3.8, 4) is 11.5 Å². The number of halogens is 1. The maximum Gasteiger partial charge on any atom is 0.282 e. The zero-order chi connectivity index (χ0) is 24.4. The Morgan fingerprint density at radius 2 is 1.62 bits per heavy atom. The van der Waals surface area contributed by atoms with Gasteiger partial charge in [0.2, 0.25) is 0 Å². The average Bonchev–Trinajstić information content (AvgIpc) is 3.04. The van der Waals surface area contributed by atoms with Crippen LogP contribution < -0.4 is 19.7 Å². The molecule has 2 amide bonds. The first-order valence-electron chi connectivity index (χ1n) is 10.9. The van der Waals surface area contributed by atoms with Crippen molar-refractivity contribution < 1.29 is 23.5 Å². The van der Waals surface area contributed by atoms with Gasteiger partial charge in [0.1, 0.15) is 23.0 Å². The van der Waals surface area contributed by atoms with Crippen LogP contribution in [0.4, 0.5) is 15.8 Å². The number of nitrogens with zero attached hydrogens (tertiary/aromatic N) is 1. The lowest BCUT2D eigenvalue weighted by atomic mass is 10.0. The second-order valence-corrected chi connectivity index (χ2v) is 8.17. The molecular weight excluding hydrogens is 435 g/mol. The maximum absolute atomic E-state index is 13.7. The number of rotatable bonds is 7. The van der Waals surface area contributed by atoms with Crippen molar-refractivity contribution in [1.29, 1.82) is 0 Å². The summed E-state index contributed by atoms with van der Waals surface area (Å²) in [6.07, 6.45) is -0.160. The van der Waals surface area contributed by atoms with E-state index in [1.807, 2.05) is 32.9 Å². The summed E-state index contributed by atoms with van der Waals surface area (Å²) >= 11 is 0. The lowest BCUT2D eigenvalue weighted by Gasteiger charge is -2.20. The van der Waals surface area contributed by atoms with Gasteiger partial charge >= 0.3 is 0 Å². The van der Waals surface area contributed by atoms with Crippen molar-refractivity contribution in [3.05, 3.63) is 89.4 Å². The van der Waals surface area contributed by atoms with Crippen LogP contribution in [0.2, 0.25) is 0 Å². The van der Waals surface area contributed by atoms with Gasteiger partial charge in [0.25, 0.3) is 11.8 Å².